The second-order valence-corrected chi connectivity index (χ2v) is 5.87. The molecule has 0 aliphatic carbocycles. The largest absolute Gasteiger partial charge is 0.383 e. The van der Waals surface area contributed by atoms with Gasteiger partial charge in [-0.15, -0.1) is 11.3 Å². The molecule has 3 aromatic rings. The Balaban J connectivity index is 2.06. The highest BCUT2D eigenvalue weighted by molar-refractivity contribution is 7.18. The summed E-state index contributed by atoms with van der Waals surface area (Å²) in [6.45, 7) is 3.43. The molecule has 0 aliphatic heterocycles. The lowest BCUT2D eigenvalue weighted by Gasteiger charge is -2.08. The molecule has 5 nitrogen and oxygen atoms in total. The van der Waals surface area contributed by atoms with E-state index in [9.17, 15) is 0 Å². The molecule has 0 saturated heterocycles. The van der Waals surface area contributed by atoms with Gasteiger partial charge in [-0.3, -0.25) is 4.98 Å². The normalized spacial score (nSPS) is 11.0. The van der Waals surface area contributed by atoms with Crippen molar-refractivity contribution in [3.8, 4) is 11.4 Å². The second kappa shape index (κ2) is 6.15. The number of anilines is 1. The van der Waals surface area contributed by atoms with Crippen LogP contribution in [0.5, 0.6) is 0 Å². The molecule has 0 fully saturated rings. The van der Waals surface area contributed by atoms with Gasteiger partial charge in [0.2, 0.25) is 0 Å². The first-order chi connectivity index (χ1) is 10.3. The number of methoxy groups -OCH3 is 1. The van der Waals surface area contributed by atoms with Crippen molar-refractivity contribution in [2.75, 3.05) is 25.6 Å². The zero-order valence-corrected chi connectivity index (χ0v) is 12.8. The summed E-state index contributed by atoms with van der Waals surface area (Å²) in [7, 11) is 1.69. The van der Waals surface area contributed by atoms with Crippen LogP contribution >= 0.6 is 11.3 Å². The van der Waals surface area contributed by atoms with Gasteiger partial charge in [0.25, 0.3) is 0 Å². The SMILES string of the molecule is COCCNc1nc(-c2cccnc2)nc2sc(C)cc12. The van der Waals surface area contributed by atoms with E-state index in [1.807, 2.05) is 12.1 Å². The summed E-state index contributed by atoms with van der Waals surface area (Å²) in [5, 5.41) is 4.38. The third kappa shape index (κ3) is 3.01. The maximum Gasteiger partial charge on any atom is 0.164 e. The van der Waals surface area contributed by atoms with E-state index in [2.05, 4.69) is 33.3 Å². The monoisotopic (exact) mass is 300 g/mol. The van der Waals surface area contributed by atoms with Crippen molar-refractivity contribution in [2.45, 2.75) is 6.92 Å². The number of nitrogens with zero attached hydrogens (tertiary/aromatic N) is 3. The minimum absolute atomic E-state index is 0.636. The van der Waals surface area contributed by atoms with Gasteiger partial charge in [-0.2, -0.15) is 0 Å². The highest BCUT2D eigenvalue weighted by atomic mass is 32.1. The van der Waals surface area contributed by atoms with E-state index in [-0.39, 0.29) is 0 Å². The molecule has 0 radical (unpaired) electrons. The number of aromatic nitrogens is 3. The predicted molar refractivity (Wildman–Crippen MR) is 85.7 cm³/mol. The third-order valence-corrected chi connectivity index (χ3v) is 3.98. The lowest BCUT2D eigenvalue weighted by Crippen LogP contribution is -2.09. The van der Waals surface area contributed by atoms with Gasteiger partial charge in [-0.25, -0.2) is 9.97 Å². The molecule has 0 spiro atoms. The van der Waals surface area contributed by atoms with Crippen molar-refractivity contribution in [1.82, 2.24) is 15.0 Å². The number of fused-ring (bicyclic) bond motifs is 1. The van der Waals surface area contributed by atoms with Crippen molar-refractivity contribution in [1.29, 1.82) is 0 Å². The van der Waals surface area contributed by atoms with Crippen molar-refractivity contribution in [3.05, 3.63) is 35.5 Å². The van der Waals surface area contributed by atoms with Crippen molar-refractivity contribution < 1.29 is 4.74 Å². The molecule has 108 valence electrons. The second-order valence-electron chi connectivity index (χ2n) is 4.63. The number of thiophene rings is 1. The van der Waals surface area contributed by atoms with Crippen LogP contribution in [0.1, 0.15) is 4.88 Å². The summed E-state index contributed by atoms with van der Waals surface area (Å²) in [6, 6.07) is 5.97. The Morgan fingerprint density at radius 3 is 3.00 bits per heavy atom. The van der Waals surface area contributed by atoms with E-state index in [0.29, 0.717) is 19.0 Å². The zero-order valence-electron chi connectivity index (χ0n) is 12.0. The topological polar surface area (TPSA) is 59.9 Å². The fourth-order valence-electron chi connectivity index (χ4n) is 2.07. The Kier molecular flexibility index (Phi) is 4.08. The van der Waals surface area contributed by atoms with Crippen LogP contribution in [0.3, 0.4) is 0 Å². The van der Waals surface area contributed by atoms with E-state index in [1.54, 1.807) is 30.8 Å². The highest BCUT2D eigenvalue weighted by Gasteiger charge is 2.11. The van der Waals surface area contributed by atoms with Gasteiger partial charge in [0.1, 0.15) is 10.6 Å². The van der Waals surface area contributed by atoms with Gasteiger partial charge < -0.3 is 10.1 Å². The molecule has 1 N–H and O–H groups in total. The Morgan fingerprint density at radius 1 is 1.33 bits per heavy atom. The van der Waals surface area contributed by atoms with Gasteiger partial charge in [-0.1, -0.05) is 0 Å². The van der Waals surface area contributed by atoms with Gasteiger partial charge in [0.15, 0.2) is 5.82 Å². The molecule has 0 unspecified atom stereocenters. The number of rotatable bonds is 5. The van der Waals surface area contributed by atoms with Crippen molar-refractivity contribution in [3.63, 3.8) is 0 Å². The van der Waals surface area contributed by atoms with Gasteiger partial charge in [0, 0.05) is 36.5 Å². The fourth-order valence-corrected chi connectivity index (χ4v) is 2.95. The summed E-state index contributed by atoms with van der Waals surface area (Å²) in [4.78, 5) is 15.6. The van der Waals surface area contributed by atoms with Crippen molar-refractivity contribution >= 4 is 27.4 Å². The lowest BCUT2D eigenvalue weighted by atomic mass is 10.2. The Bertz CT molecular complexity index is 742. The average molecular weight is 300 g/mol. The van der Waals surface area contributed by atoms with E-state index in [0.717, 1.165) is 21.6 Å². The molecule has 21 heavy (non-hydrogen) atoms. The maximum atomic E-state index is 5.08. The molecule has 0 atom stereocenters. The third-order valence-electron chi connectivity index (χ3n) is 3.03. The quantitative estimate of drug-likeness (QED) is 0.734. The zero-order chi connectivity index (χ0) is 14.7. The summed E-state index contributed by atoms with van der Waals surface area (Å²) in [6.07, 6.45) is 3.52. The Labute approximate surface area is 127 Å². The van der Waals surface area contributed by atoms with E-state index in [4.69, 9.17) is 4.74 Å². The van der Waals surface area contributed by atoms with Crippen LogP contribution in [0, 0.1) is 6.92 Å². The smallest absolute Gasteiger partial charge is 0.164 e. The summed E-state index contributed by atoms with van der Waals surface area (Å²) < 4.78 is 5.08. The number of nitrogens with one attached hydrogen (secondary N) is 1. The lowest BCUT2D eigenvalue weighted by molar-refractivity contribution is 0.210. The van der Waals surface area contributed by atoms with Gasteiger partial charge >= 0.3 is 0 Å². The molecule has 0 amide bonds. The first-order valence-corrected chi connectivity index (χ1v) is 7.51. The average Bonchev–Trinajstić information content (AvgIpc) is 2.88. The van der Waals surface area contributed by atoms with Crippen LogP contribution in [0.15, 0.2) is 30.6 Å². The number of pyridine rings is 1. The fraction of sp³-hybridized carbons (Fsp3) is 0.267. The molecular formula is C15H16N4OS. The molecule has 0 saturated carbocycles. The van der Waals surface area contributed by atoms with Crippen molar-refractivity contribution in [2.24, 2.45) is 0 Å². The molecule has 6 heteroatoms. The van der Waals surface area contributed by atoms with Gasteiger partial charge in [-0.05, 0) is 25.1 Å². The number of ether oxygens (including phenoxy) is 1. The van der Waals surface area contributed by atoms with Crippen LogP contribution in [-0.4, -0.2) is 35.2 Å². The highest BCUT2D eigenvalue weighted by Crippen LogP contribution is 2.30. The van der Waals surface area contributed by atoms with Crippen LogP contribution in [0.25, 0.3) is 21.6 Å². The van der Waals surface area contributed by atoms with Crippen LogP contribution in [0.4, 0.5) is 5.82 Å². The summed E-state index contributed by atoms with van der Waals surface area (Å²) in [5.41, 5.74) is 0.917. The molecule has 3 heterocycles. The summed E-state index contributed by atoms with van der Waals surface area (Å²) >= 11 is 1.67. The maximum absolute atomic E-state index is 5.08. The molecule has 3 rings (SSSR count). The molecule has 3 aromatic heterocycles. The van der Waals surface area contributed by atoms with E-state index < -0.39 is 0 Å². The standard InChI is InChI=1S/C15H16N4OS/c1-10-8-12-14(17-6-7-20-2)18-13(19-15(12)21-10)11-4-3-5-16-9-11/h3-5,8-9H,6-7H2,1-2H3,(H,17,18,19). The van der Waals surface area contributed by atoms with Crippen LogP contribution in [0.2, 0.25) is 0 Å². The number of hydrogen-bond acceptors (Lipinski definition) is 6. The van der Waals surface area contributed by atoms with Crippen LogP contribution < -0.4 is 5.32 Å². The Hall–Kier alpha value is -2.05. The number of hydrogen-bond donors (Lipinski definition) is 1. The molecule has 0 aromatic carbocycles. The van der Waals surface area contributed by atoms with Crippen LogP contribution in [-0.2, 0) is 4.74 Å². The molecular weight excluding hydrogens is 284 g/mol. The van der Waals surface area contributed by atoms with Gasteiger partial charge in [0.05, 0.1) is 12.0 Å². The first-order valence-electron chi connectivity index (χ1n) is 6.69. The van der Waals surface area contributed by atoms with E-state index in [1.165, 1.54) is 4.88 Å². The first kappa shape index (κ1) is 13.9. The minimum atomic E-state index is 0.636. The van der Waals surface area contributed by atoms with E-state index >= 15 is 0 Å². The summed E-state index contributed by atoms with van der Waals surface area (Å²) in [5.74, 6) is 1.54. The number of aryl methyl sites for hydroxylation is 1. The Morgan fingerprint density at radius 2 is 2.24 bits per heavy atom. The molecule has 0 bridgehead atoms. The predicted octanol–water partition coefficient (Wildman–Crippen LogP) is 3.12. The molecule has 0 aliphatic rings. The minimum Gasteiger partial charge on any atom is -0.383 e.